The number of rotatable bonds is 7. The minimum absolute atomic E-state index is 0.125. The summed E-state index contributed by atoms with van der Waals surface area (Å²) in [6.07, 6.45) is 10.2. The van der Waals surface area contributed by atoms with Gasteiger partial charge in [-0.3, -0.25) is 9.69 Å². The van der Waals surface area contributed by atoms with E-state index in [1.807, 2.05) is 0 Å². The highest BCUT2D eigenvalue weighted by Gasteiger charge is 2.29. The number of hydrogen-bond donors (Lipinski definition) is 2. The molecule has 2 N–H and O–H groups in total. The third-order valence-corrected chi connectivity index (χ3v) is 5.53. The van der Waals surface area contributed by atoms with E-state index in [9.17, 15) is 9.90 Å². The third kappa shape index (κ3) is 4.84. The van der Waals surface area contributed by atoms with Gasteiger partial charge in [0.25, 0.3) is 0 Å². The molecule has 1 saturated heterocycles. The molecule has 2 fully saturated rings. The molecule has 0 bridgehead atoms. The number of aliphatic hydroxyl groups is 1. The van der Waals surface area contributed by atoms with Crippen LogP contribution in [0, 0.1) is 5.92 Å². The molecule has 0 spiro atoms. The molecule has 5 nitrogen and oxygen atoms in total. The Balaban J connectivity index is 1.42. The quantitative estimate of drug-likeness (QED) is 0.805. The highest BCUT2D eigenvalue weighted by Crippen LogP contribution is 2.27. The summed E-state index contributed by atoms with van der Waals surface area (Å²) in [5.74, 6) is 1.40. The molecule has 0 radical (unpaired) electrons. The van der Waals surface area contributed by atoms with Crippen molar-refractivity contribution in [3.63, 3.8) is 0 Å². The largest absolute Gasteiger partial charge is 0.467 e. The van der Waals surface area contributed by atoms with Crippen LogP contribution in [0.15, 0.2) is 22.8 Å². The molecule has 0 aromatic carbocycles. The zero-order chi connectivity index (χ0) is 16.8. The second kappa shape index (κ2) is 8.67. The number of nitrogens with one attached hydrogen (secondary N) is 1. The molecule has 2 unspecified atom stereocenters. The maximum Gasteiger partial charge on any atom is 0.234 e. The zero-order valence-corrected chi connectivity index (χ0v) is 14.5. The van der Waals surface area contributed by atoms with E-state index in [2.05, 4.69) is 10.2 Å². The average Bonchev–Trinajstić information content (AvgIpc) is 3.26. The maximum absolute atomic E-state index is 12.3. The molecular formula is C19H30N2O3. The maximum atomic E-state index is 12.3. The van der Waals surface area contributed by atoms with Crippen molar-refractivity contribution in [1.82, 2.24) is 10.2 Å². The average molecular weight is 334 g/mol. The Labute approximate surface area is 144 Å². The molecule has 1 aliphatic carbocycles. The standard InChI is InChI=1S/C19H30N2O3/c22-17(18-9-5-11-24-18)12-16-8-4-10-21(16)14-19(23)20-13-15-6-2-1-3-7-15/h5,9,11,15-17,22H,1-4,6-8,10,12-14H2,(H,20,23). The summed E-state index contributed by atoms with van der Waals surface area (Å²) in [4.78, 5) is 14.5. The van der Waals surface area contributed by atoms with Crippen molar-refractivity contribution in [3.8, 4) is 0 Å². The molecular weight excluding hydrogens is 304 g/mol. The van der Waals surface area contributed by atoms with E-state index >= 15 is 0 Å². The van der Waals surface area contributed by atoms with Gasteiger partial charge in [-0.05, 0) is 56.7 Å². The fourth-order valence-corrected chi connectivity index (χ4v) is 4.11. The molecule has 1 amide bonds. The van der Waals surface area contributed by atoms with Crippen LogP contribution in [0.25, 0.3) is 0 Å². The van der Waals surface area contributed by atoms with Gasteiger partial charge >= 0.3 is 0 Å². The number of furan rings is 1. The second-order valence-corrected chi connectivity index (χ2v) is 7.34. The van der Waals surface area contributed by atoms with Gasteiger partial charge in [0.2, 0.25) is 5.91 Å². The SMILES string of the molecule is O=C(CN1CCCC1CC(O)c1ccco1)NCC1CCCCC1. The molecule has 2 aliphatic rings. The van der Waals surface area contributed by atoms with Crippen LogP contribution in [-0.4, -0.2) is 41.6 Å². The van der Waals surface area contributed by atoms with E-state index in [1.54, 1.807) is 18.4 Å². The third-order valence-electron chi connectivity index (χ3n) is 5.53. The molecule has 24 heavy (non-hydrogen) atoms. The first kappa shape index (κ1) is 17.5. The normalized spacial score (nSPS) is 24.1. The minimum Gasteiger partial charge on any atom is -0.467 e. The van der Waals surface area contributed by atoms with Crippen molar-refractivity contribution < 1.29 is 14.3 Å². The van der Waals surface area contributed by atoms with Crippen LogP contribution in [0.4, 0.5) is 0 Å². The number of nitrogens with zero attached hydrogens (tertiary/aromatic N) is 1. The van der Waals surface area contributed by atoms with Gasteiger partial charge in [-0.15, -0.1) is 0 Å². The Morgan fingerprint density at radius 1 is 1.29 bits per heavy atom. The van der Waals surface area contributed by atoms with Crippen molar-refractivity contribution in [3.05, 3.63) is 24.2 Å². The van der Waals surface area contributed by atoms with Gasteiger partial charge in [-0.1, -0.05) is 19.3 Å². The van der Waals surface area contributed by atoms with Gasteiger partial charge in [0, 0.05) is 12.6 Å². The van der Waals surface area contributed by atoms with E-state index in [1.165, 1.54) is 32.1 Å². The van der Waals surface area contributed by atoms with Crippen LogP contribution < -0.4 is 5.32 Å². The van der Waals surface area contributed by atoms with Crippen molar-refractivity contribution >= 4 is 5.91 Å². The summed E-state index contributed by atoms with van der Waals surface area (Å²) in [6, 6.07) is 3.86. The first-order valence-electron chi connectivity index (χ1n) is 9.44. The summed E-state index contributed by atoms with van der Waals surface area (Å²) in [7, 11) is 0. The number of aliphatic hydroxyl groups excluding tert-OH is 1. The first-order chi connectivity index (χ1) is 11.7. The van der Waals surface area contributed by atoms with Gasteiger partial charge in [0.1, 0.15) is 11.9 Å². The van der Waals surface area contributed by atoms with E-state index in [0.717, 1.165) is 25.9 Å². The summed E-state index contributed by atoms with van der Waals surface area (Å²) < 4.78 is 5.28. The minimum atomic E-state index is -0.587. The lowest BCUT2D eigenvalue weighted by Crippen LogP contribution is -2.41. The Bertz CT molecular complexity index is 497. The predicted molar refractivity (Wildman–Crippen MR) is 92.5 cm³/mol. The predicted octanol–water partition coefficient (Wildman–Crippen LogP) is 2.86. The van der Waals surface area contributed by atoms with E-state index in [0.29, 0.717) is 24.6 Å². The number of carbonyl (C=O) groups is 1. The fourth-order valence-electron chi connectivity index (χ4n) is 4.11. The Morgan fingerprint density at radius 2 is 2.12 bits per heavy atom. The van der Waals surface area contributed by atoms with Crippen molar-refractivity contribution in [2.45, 2.75) is 63.5 Å². The molecule has 3 rings (SSSR count). The second-order valence-electron chi connectivity index (χ2n) is 7.34. The zero-order valence-electron chi connectivity index (χ0n) is 14.5. The summed E-state index contributed by atoms with van der Waals surface area (Å²) >= 11 is 0. The number of hydrogen-bond acceptors (Lipinski definition) is 4. The molecule has 5 heteroatoms. The van der Waals surface area contributed by atoms with Crippen LogP contribution in [0.5, 0.6) is 0 Å². The Hall–Kier alpha value is -1.33. The molecule has 1 saturated carbocycles. The lowest BCUT2D eigenvalue weighted by Gasteiger charge is -2.26. The van der Waals surface area contributed by atoms with Crippen LogP contribution in [0.3, 0.4) is 0 Å². The van der Waals surface area contributed by atoms with Crippen LogP contribution in [0.2, 0.25) is 0 Å². The van der Waals surface area contributed by atoms with E-state index in [4.69, 9.17) is 4.42 Å². The van der Waals surface area contributed by atoms with E-state index < -0.39 is 6.10 Å². The monoisotopic (exact) mass is 334 g/mol. The van der Waals surface area contributed by atoms with Gasteiger partial charge < -0.3 is 14.8 Å². The summed E-state index contributed by atoms with van der Waals surface area (Å²) in [5, 5.41) is 13.4. The van der Waals surface area contributed by atoms with Crippen LogP contribution in [0.1, 0.15) is 63.2 Å². The topological polar surface area (TPSA) is 65.7 Å². The number of carbonyl (C=O) groups excluding carboxylic acids is 1. The molecule has 1 aromatic heterocycles. The molecule has 2 heterocycles. The van der Waals surface area contributed by atoms with Crippen LogP contribution >= 0.6 is 0 Å². The van der Waals surface area contributed by atoms with Gasteiger partial charge in [-0.25, -0.2) is 0 Å². The molecule has 1 aliphatic heterocycles. The summed E-state index contributed by atoms with van der Waals surface area (Å²) in [5.41, 5.74) is 0. The van der Waals surface area contributed by atoms with Gasteiger partial charge in [-0.2, -0.15) is 0 Å². The fraction of sp³-hybridized carbons (Fsp3) is 0.737. The van der Waals surface area contributed by atoms with E-state index in [-0.39, 0.29) is 11.9 Å². The Morgan fingerprint density at radius 3 is 2.88 bits per heavy atom. The number of amides is 1. The molecule has 2 atom stereocenters. The number of likely N-dealkylation sites (tertiary alicyclic amines) is 1. The highest BCUT2D eigenvalue weighted by atomic mass is 16.4. The van der Waals surface area contributed by atoms with Gasteiger partial charge in [0.05, 0.1) is 12.8 Å². The lowest BCUT2D eigenvalue weighted by molar-refractivity contribution is -0.122. The molecule has 1 aromatic rings. The Kier molecular flexibility index (Phi) is 6.32. The molecule has 134 valence electrons. The smallest absolute Gasteiger partial charge is 0.234 e. The highest BCUT2D eigenvalue weighted by molar-refractivity contribution is 5.78. The van der Waals surface area contributed by atoms with Gasteiger partial charge in [0.15, 0.2) is 0 Å². The lowest BCUT2D eigenvalue weighted by atomic mass is 9.89. The van der Waals surface area contributed by atoms with Crippen molar-refractivity contribution in [2.24, 2.45) is 5.92 Å². The van der Waals surface area contributed by atoms with Crippen molar-refractivity contribution in [2.75, 3.05) is 19.6 Å². The first-order valence-corrected chi connectivity index (χ1v) is 9.44. The van der Waals surface area contributed by atoms with Crippen molar-refractivity contribution in [1.29, 1.82) is 0 Å². The van der Waals surface area contributed by atoms with Crippen LogP contribution in [-0.2, 0) is 4.79 Å². The summed E-state index contributed by atoms with van der Waals surface area (Å²) in [6.45, 7) is 2.21.